The zero-order valence-corrected chi connectivity index (χ0v) is 16.4. The predicted molar refractivity (Wildman–Crippen MR) is 112 cm³/mol. The highest BCUT2D eigenvalue weighted by molar-refractivity contribution is 5.89. The molecular formula is C22H24N6O. The van der Waals surface area contributed by atoms with Crippen molar-refractivity contribution in [1.82, 2.24) is 25.5 Å². The van der Waals surface area contributed by atoms with Crippen LogP contribution in [0.15, 0.2) is 66.7 Å². The number of carbonyl (C=O) groups is 1. The number of unbranched alkanes of at least 4 members (excludes halogenated alkanes) is 1. The Kier molecular flexibility index (Phi) is 5.65. The molecule has 3 aromatic rings. The number of benzene rings is 2. The first kappa shape index (κ1) is 18.9. The molecule has 0 aliphatic carbocycles. The lowest BCUT2D eigenvalue weighted by molar-refractivity contribution is -0.119. The minimum Gasteiger partial charge on any atom is -0.355 e. The van der Waals surface area contributed by atoms with Gasteiger partial charge in [-0.2, -0.15) is 4.68 Å². The molecule has 0 radical (unpaired) electrons. The van der Waals surface area contributed by atoms with Crippen LogP contribution in [0.1, 0.15) is 36.9 Å². The van der Waals surface area contributed by atoms with Crippen LogP contribution in [-0.4, -0.2) is 39.2 Å². The summed E-state index contributed by atoms with van der Waals surface area (Å²) in [6, 6.07) is 20.0. The van der Waals surface area contributed by atoms with E-state index in [9.17, 15) is 4.79 Å². The summed E-state index contributed by atoms with van der Waals surface area (Å²) in [6.07, 6.45) is 4.12. The summed E-state index contributed by atoms with van der Waals surface area (Å²) in [6.45, 7) is 2.93. The van der Waals surface area contributed by atoms with Crippen molar-refractivity contribution in [1.29, 1.82) is 0 Å². The third-order valence-electron chi connectivity index (χ3n) is 4.95. The number of rotatable bonds is 7. The van der Waals surface area contributed by atoms with Gasteiger partial charge in [0, 0.05) is 6.54 Å². The van der Waals surface area contributed by atoms with Gasteiger partial charge in [0.2, 0.25) is 5.91 Å². The Morgan fingerprint density at radius 3 is 2.52 bits per heavy atom. The highest BCUT2D eigenvalue weighted by atomic mass is 16.2. The van der Waals surface area contributed by atoms with Crippen LogP contribution < -0.4 is 10.2 Å². The van der Waals surface area contributed by atoms with Crippen LogP contribution in [0.4, 0.5) is 5.95 Å². The summed E-state index contributed by atoms with van der Waals surface area (Å²) in [7, 11) is 0. The number of amides is 1. The molecule has 7 heteroatoms. The standard InChI is InChI=1S/C22H24N6O/c1-2-3-14-23-21(29)16-27-19(17-10-6-4-7-11-17)15-20(18-12-8-5-9-13-18)28-22(27)24-25-26-28/h4-13,15,20H,2-3,14,16H2,1H3,(H,23,29)/t20-/m1/s1. The highest BCUT2D eigenvalue weighted by Crippen LogP contribution is 2.35. The Hall–Kier alpha value is -3.48. The van der Waals surface area contributed by atoms with Crippen LogP contribution in [0.5, 0.6) is 0 Å². The average Bonchev–Trinajstić information content (AvgIpc) is 3.25. The normalized spacial score (nSPS) is 15.6. The first-order chi connectivity index (χ1) is 14.3. The van der Waals surface area contributed by atoms with Crippen LogP contribution in [0, 0.1) is 0 Å². The molecule has 0 spiro atoms. The number of hydrogen-bond donors (Lipinski definition) is 1. The molecule has 1 aliphatic rings. The molecule has 0 saturated carbocycles. The molecule has 0 fully saturated rings. The zero-order valence-electron chi connectivity index (χ0n) is 16.4. The molecule has 7 nitrogen and oxygen atoms in total. The summed E-state index contributed by atoms with van der Waals surface area (Å²) in [5, 5.41) is 15.3. The topological polar surface area (TPSA) is 75.9 Å². The molecule has 0 saturated heterocycles. The lowest BCUT2D eigenvalue weighted by atomic mass is 10.0. The summed E-state index contributed by atoms with van der Waals surface area (Å²) < 4.78 is 1.76. The summed E-state index contributed by atoms with van der Waals surface area (Å²) in [4.78, 5) is 14.5. The molecule has 0 unspecified atom stereocenters. The predicted octanol–water partition coefficient (Wildman–Crippen LogP) is 3.04. The van der Waals surface area contributed by atoms with Crippen LogP contribution in [-0.2, 0) is 4.79 Å². The second kappa shape index (κ2) is 8.68. The quantitative estimate of drug-likeness (QED) is 0.630. The SMILES string of the molecule is CCCCNC(=O)CN1C(c2ccccc2)=C[C@H](c2ccccc2)n2nnnc21. The Morgan fingerprint density at radius 2 is 1.79 bits per heavy atom. The van der Waals surface area contributed by atoms with Crippen molar-refractivity contribution >= 4 is 17.6 Å². The smallest absolute Gasteiger partial charge is 0.251 e. The van der Waals surface area contributed by atoms with Crippen LogP contribution >= 0.6 is 0 Å². The molecule has 148 valence electrons. The minimum absolute atomic E-state index is 0.0482. The number of aromatic nitrogens is 4. The van der Waals surface area contributed by atoms with Gasteiger partial charge in [-0.1, -0.05) is 79.1 Å². The van der Waals surface area contributed by atoms with Gasteiger partial charge in [-0.25, -0.2) is 0 Å². The van der Waals surface area contributed by atoms with Crippen molar-refractivity contribution < 1.29 is 4.79 Å². The lowest BCUT2D eigenvalue weighted by Crippen LogP contribution is -2.40. The minimum atomic E-state index is -0.143. The molecular weight excluding hydrogens is 364 g/mol. The number of nitrogens with zero attached hydrogens (tertiary/aromatic N) is 5. The highest BCUT2D eigenvalue weighted by Gasteiger charge is 2.31. The summed E-state index contributed by atoms with van der Waals surface area (Å²) >= 11 is 0. The lowest BCUT2D eigenvalue weighted by Gasteiger charge is -2.32. The van der Waals surface area contributed by atoms with Gasteiger partial charge in [-0.05, 0) is 34.1 Å². The molecule has 1 atom stereocenters. The zero-order chi connectivity index (χ0) is 20.1. The molecule has 1 N–H and O–H groups in total. The summed E-state index contributed by atoms with van der Waals surface area (Å²) in [5.74, 6) is 0.513. The number of nitrogens with one attached hydrogen (secondary N) is 1. The van der Waals surface area contributed by atoms with E-state index < -0.39 is 0 Å². The first-order valence-corrected chi connectivity index (χ1v) is 9.92. The van der Waals surface area contributed by atoms with E-state index in [0.717, 1.165) is 29.7 Å². The first-order valence-electron chi connectivity index (χ1n) is 9.92. The number of fused-ring (bicyclic) bond motifs is 1. The van der Waals surface area contributed by atoms with E-state index in [4.69, 9.17) is 0 Å². The number of allylic oxidation sites excluding steroid dienone is 1. The molecule has 2 heterocycles. The van der Waals surface area contributed by atoms with Crippen molar-refractivity contribution in [3.63, 3.8) is 0 Å². The molecule has 29 heavy (non-hydrogen) atoms. The van der Waals surface area contributed by atoms with E-state index in [-0.39, 0.29) is 18.5 Å². The van der Waals surface area contributed by atoms with Crippen LogP contribution in [0.2, 0.25) is 0 Å². The van der Waals surface area contributed by atoms with Crippen molar-refractivity contribution in [3.8, 4) is 0 Å². The van der Waals surface area contributed by atoms with Gasteiger partial charge >= 0.3 is 0 Å². The van der Waals surface area contributed by atoms with Gasteiger partial charge in [0.25, 0.3) is 5.95 Å². The van der Waals surface area contributed by atoms with Gasteiger partial charge in [0.15, 0.2) is 0 Å². The van der Waals surface area contributed by atoms with Gasteiger partial charge in [-0.3, -0.25) is 9.69 Å². The number of anilines is 1. The average molecular weight is 388 g/mol. The van der Waals surface area contributed by atoms with E-state index in [1.807, 2.05) is 53.4 Å². The van der Waals surface area contributed by atoms with Gasteiger partial charge in [0.05, 0.1) is 5.70 Å². The molecule has 1 aliphatic heterocycles. The molecule has 1 amide bonds. The Morgan fingerprint density at radius 1 is 1.07 bits per heavy atom. The fraction of sp³-hybridized carbons (Fsp3) is 0.273. The fourth-order valence-corrected chi connectivity index (χ4v) is 3.47. The van der Waals surface area contributed by atoms with E-state index in [2.05, 4.69) is 46.0 Å². The fourth-order valence-electron chi connectivity index (χ4n) is 3.47. The molecule has 2 aromatic carbocycles. The second-order valence-electron chi connectivity index (χ2n) is 6.99. The van der Waals surface area contributed by atoms with Crippen molar-refractivity contribution in [2.24, 2.45) is 0 Å². The monoisotopic (exact) mass is 388 g/mol. The van der Waals surface area contributed by atoms with Gasteiger partial charge < -0.3 is 5.32 Å². The molecule has 0 bridgehead atoms. The number of hydrogen-bond acceptors (Lipinski definition) is 5. The van der Waals surface area contributed by atoms with E-state index in [1.165, 1.54) is 0 Å². The van der Waals surface area contributed by atoms with Gasteiger partial charge in [-0.15, -0.1) is 0 Å². The van der Waals surface area contributed by atoms with E-state index in [1.54, 1.807) is 4.68 Å². The summed E-state index contributed by atoms with van der Waals surface area (Å²) in [5.41, 5.74) is 3.03. The largest absolute Gasteiger partial charge is 0.355 e. The Balaban J connectivity index is 1.72. The maximum atomic E-state index is 12.6. The molecule has 1 aromatic heterocycles. The van der Waals surface area contributed by atoms with Gasteiger partial charge in [0.1, 0.15) is 12.6 Å². The Labute approximate surface area is 170 Å². The third kappa shape index (κ3) is 4.03. The maximum absolute atomic E-state index is 12.6. The molecule has 4 rings (SSSR count). The van der Waals surface area contributed by atoms with Crippen molar-refractivity contribution in [2.45, 2.75) is 25.8 Å². The van der Waals surface area contributed by atoms with E-state index in [0.29, 0.717) is 12.5 Å². The third-order valence-corrected chi connectivity index (χ3v) is 4.95. The second-order valence-corrected chi connectivity index (χ2v) is 6.99. The van der Waals surface area contributed by atoms with Crippen LogP contribution in [0.25, 0.3) is 5.70 Å². The Bertz CT molecular complexity index is 983. The maximum Gasteiger partial charge on any atom is 0.251 e. The number of tetrazole rings is 1. The van der Waals surface area contributed by atoms with Crippen molar-refractivity contribution in [2.75, 3.05) is 18.0 Å². The van der Waals surface area contributed by atoms with Crippen LogP contribution in [0.3, 0.4) is 0 Å². The van der Waals surface area contributed by atoms with E-state index >= 15 is 0 Å². The van der Waals surface area contributed by atoms with Crippen molar-refractivity contribution in [3.05, 3.63) is 77.9 Å². The number of carbonyl (C=O) groups excluding carboxylic acids is 1.